The Labute approximate surface area is 139 Å². The molecule has 1 fully saturated rings. The van der Waals surface area contributed by atoms with Crippen molar-refractivity contribution in [1.29, 1.82) is 5.26 Å². The minimum atomic E-state index is -3.88. The lowest BCUT2D eigenvalue weighted by Crippen LogP contribution is -2.32. The van der Waals surface area contributed by atoms with E-state index < -0.39 is 28.0 Å². The van der Waals surface area contributed by atoms with Gasteiger partial charge in [-0.2, -0.15) is 9.57 Å². The van der Waals surface area contributed by atoms with Gasteiger partial charge in [0.15, 0.2) is 0 Å². The van der Waals surface area contributed by atoms with Gasteiger partial charge in [-0.15, -0.1) is 0 Å². The van der Waals surface area contributed by atoms with Gasteiger partial charge in [0.25, 0.3) is 0 Å². The highest BCUT2D eigenvalue weighted by Gasteiger charge is 2.40. The Hall–Kier alpha value is -2.27. The number of β-amino-alcohol motifs (C(OH)–C–C–N with tert-alkyl or cyclic N) is 1. The fourth-order valence-electron chi connectivity index (χ4n) is 2.90. The molecule has 1 heterocycles. The number of nitrogens with zero attached hydrogens (tertiary/aromatic N) is 2. The van der Waals surface area contributed by atoms with Crippen LogP contribution in [0, 0.1) is 17.1 Å². The van der Waals surface area contributed by atoms with Crippen LogP contribution < -0.4 is 0 Å². The van der Waals surface area contributed by atoms with Gasteiger partial charge in [-0.05, 0) is 42.3 Å². The second kappa shape index (κ2) is 6.32. The fourth-order valence-corrected chi connectivity index (χ4v) is 4.61. The van der Waals surface area contributed by atoms with Crippen LogP contribution in [0.25, 0.3) is 0 Å². The maximum Gasteiger partial charge on any atom is 0.243 e. The van der Waals surface area contributed by atoms with Gasteiger partial charge in [0.1, 0.15) is 5.82 Å². The fraction of sp³-hybridized carbons (Fsp3) is 0.235. The zero-order valence-corrected chi connectivity index (χ0v) is 13.4. The second-order valence-electron chi connectivity index (χ2n) is 5.67. The topological polar surface area (TPSA) is 81.4 Å². The van der Waals surface area contributed by atoms with E-state index in [4.69, 9.17) is 5.26 Å². The molecule has 2 aromatic carbocycles. The number of benzene rings is 2. The first-order chi connectivity index (χ1) is 11.4. The predicted octanol–water partition coefficient (Wildman–Crippen LogP) is 2.19. The number of nitriles is 1. The lowest BCUT2D eigenvalue weighted by molar-refractivity contribution is 0.188. The van der Waals surface area contributed by atoms with Crippen molar-refractivity contribution in [2.75, 3.05) is 6.54 Å². The molecule has 0 unspecified atom stereocenters. The van der Waals surface area contributed by atoms with Gasteiger partial charge in [0, 0.05) is 6.54 Å². The van der Waals surface area contributed by atoms with Crippen molar-refractivity contribution in [2.45, 2.75) is 23.5 Å². The third kappa shape index (κ3) is 3.04. The number of sulfonamides is 1. The molecule has 0 aliphatic carbocycles. The smallest absolute Gasteiger partial charge is 0.243 e. The summed E-state index contributed by atoms with van der Waals surface area (Å²) in [5.41, 5.74) is 0.863. The molecule has 124 valence electrons. The second-order valence-corrected chi connectivity index (χ2v) is 7.56. The molecule has 1 saturated heterocycles. The first kappa shape index (κ1) is 16.6. The van der Waals surface area contributed by atoms with Gasteiger partial charge in [0.2, 0.25) is 10.0 Å². The molecule has 24 heavy (non-hydrogen) atoms. The van der Waals surface area contributed by atoms with Crippen molar-refractivity contribution >= 4 is 10.0 Å². The van der Waals surface area contributed by atoms with Gasteiger partial charge in [-0.3, -0.25) is 0 Å². The maximum absolute atomic E-state index is 13.1. The normalized spacial score (nSPS) is 21.5. The van der Waals surface area contributed by atoms with E-state index in [1.807, 2.05) is 6.07 Å². The average molecular weight is 346 g/mol. The Balaban J connectivity index is 2.01. The number of hydrogen-bond donors (Lipinski definition) is 1. The van der Waals surface area contributed by atoms with Crippen molar-refractivity contribution in [3.05, 3.63) is 65.5 Å². The largest absolute Gasteiger partial charge is 0.392 e. The SMILES string of the molecule is N#Cc1cccc(S(=O)(=O)N2C[C@@H](O)C[C@@H]2c2ccc(F)cc2)c1. The Kier molecular flexibility index (Phi) is 4.37. The van der Waals surface area contributed by atoms with Crippen LogP contribution in [0.3, 0.4) is 0 Å². The summed E-state index contributed by atoms with van der Waals surface area (Å²) in [5, 5.41) is 18.9. The zero-order valence-electron chi connectivity index (χ0n) is 12.6. The van der Waals surface area contributed by atoms with Crippen molar-refractivity contribution in [1.82, 2.24) is 4.31 Å². The summed E-state index contributed by atoms with van der Waals surface area (Å²) in [5.74, 6) is -0.409. The van der Waals surface area contributed by atoms with Gasteiger partial charge in [-0.1, -0.05) is 18.2 Å². The summed E-state index contributed by atoms with van der Waals surface area (Å²) in [6.07, 6.45) is -0.558. The Bertz CT molecular complexity index is 891. The highest BCUT2D eigenvalue weighted by Crippen LogP contribution is 2.36. The minimum absolute atomic E-state index is 0.00256. The number of rotatable bonds is 3. The summed E-state index contributed by atoms with van der Waals surface area (Å²) in [7, 11) is -3.88. The zero-order chi connectivity index (χ0) is 17.3. The third-order valence-electron chi connectivity index (χ3n) is 4.06. The average Bonchev–Trinajstić information content (AvgIpc) is 2.98. The van der Waals surface area contributed by atoms with E-state index in [1.54, 1.807) is 0 Å². The summed E-state index contributed by atoms with van der Waals surface area (Å²) in [6.45, 7) is -0.0405. The maximum atomic E-state index is 13.1. The van der Waals surface area contributed by atoms with Gasteiger partial charge in [-0.25, -0.2) is 12.8 Å². The van der Waals surface area contributed by atoms with E-state index >= 15 is 0 Å². The van der Waals surface area contributed by atoms with E-state index in [0.717, 1.165) is 0 Å². The Morgan fingerprint density at radius 2 is 1.92 bits per heavy atom. The molecule has 5 nitrogen and oxygen atoms in total. The first-order valence-electron chi connectivity index (χ1n) is 7.37. The van der Waals surface area contributed by atoms with Crippen LogP contribution >= 0.6 is 0 Å². The number of aliphatic hydroxyl groups excluding tert-OH is 1. The monoisotopic (exact) mass is 346 g/mol. The van der Waals surface area contributed by atoms with Crippen LogP contribution in [0.2, 0.25) is 0 Å². The molecule has 0 spiro atoms. The van der Waals surface area contributed by atoms with Crippen LogP contribution in [-0.4, -0.2) is 30.5 Å². The molecule has 1 aliphatic rings. The van der Waals surface area contributed by atoms with Gasteiger partial charge in [0.05, 0.1) is 28.7 Å². The molecule has 0 bridgehead atoms. The number of aliphatic hydroxyl groups is 1. The first-order valence-corrected chi connectivity index (χ1v) is 8.81. The molecule has 0 aromatic heterocycles. The van der Waals surface area contributed by atoms with Crippen molar-refractivity contribution in [2.24, 2.45) is 0 Å². The summed E-state index contributed by atoms with van der Waals surface area (Å²) < 4.78 is 40.2. The molecular weight excluding hydrogens is 331 g/mol. The summed E-state index contributed by atoms with van der Waals surface area (Å²) in [4.78, 5) is 0.00256. The standard InChI is InChI=1S/C17H15FN2O3S/c18-14-6-4-13(5-7-14)17-9-15(21)11-20(17)24(22,23)16-3-1-2-12(8-16)10-19/h1-8,15,17,21H,9,11H2/t15-,17+/m0/s1. The van der Waals surface area contributed by atoms with Crippen molar-refractivity contribution in [3.63, 3.8) is 0 Å². The van der Waals surface area contributed by atoms with E-state index in [1.165, 1.54) is 52.8 Å². The molecule has 1 aliphatic heterocycles. The molecule has 2 atom stereocenters. The van der Waals surface area contributed by atoms with E-state index in [-0.39, 0.29) is 23.4 Å². The highest BCUT2D eigenvalue weighted by atomic mass is 32.2. The molecule has 3 rings (SSSR count). The van der Waals surface area contributed by atoms with Crippen molar-refractivity contribution < 1.29 is 17.9 Å². The summed E-state index contributed by atoms with van der Waals surface area (Å²) >= 11 is 0. The molecule has 1 N–H and O–H groups in total. The number of halogens is 1. The van der Waals surface area contributed by atoms with Gasteiger partial charge < -0.3 is 5.11 Å². The van der Waals surface area contributed by atoms with Crippen molar-refractivity contribution in [3.8, 4) is 6.07 Å². The van der Waals surface area contributed by atoms with E-state index in [0.29, 0.717) is 5.56 Å². The molecular formula is C17H15FN2O3S. The van der Waals surface area contributed by atoms with Gasteiger partial charge >= 0.3 is 0 Å². The molecule has 0 saturated carbocycles. The summed E-state index contributed by atoms with van der Waals surface area (Å²) in [6, 6.07) is 12.7. The molecule has 0 radical (unpaired) electrons. The minimum Gasteiger partial charge on any atom is -0.392 e. The van der Waals surface area contributed by atoms with E-state index in [9.17, 15) is 17.9 Å². The van der Waals surface area contributed by atoms with Crippen LogP contribution in [0.4, 0.5) is 4.39 Å². The Morgan fingerprint density at radius 3 is 2.58 bits per heavy atom. The van der Waals surface area contributed by atoms with Crippen LogP contribution in [-0.2, 0) is 10.0 Å². The lowest BCUT2D eigenvalue weighted by atomic mass is 10.0. The predicted molar refractivity (Wildman–Crippen MR) is 84.8 cm³/mol. The van der Waals surface area contributed by atoms with Crippen LogP contribution in [0.1, 0.15) is 23.6 Å². The quantitative estimate of drug-likeness (QED) is 0.924. The lowest BCUT2D eigenvalue weighted by Gasteiger charge is -2.24. The number of hydrogen-bond acceptors (Lipinski definition) is 4. The van der Waals surface area contributed by atoms with Crippen LogP contribution in [0.5, 0.6) is 0 Å². The molecule has 2 aromatic rings. The van der Waals surface area contributed by atoms with Crippen LogP contribution in [0.15, 0.2) is 53.4 Å². The third-order valence-corrected chi connectivity index (χ3v) is 5.93. The molecule has 7 heteroatoms. The van der Waals surface area contributed by atoms with E-state index in [2.05, 4.69) is 0 Å². The molecule has 0 amide bonds. The highest BCUT2D eigenvalue weighted by molar-refractivity contribution is 7.89. The Morgan fingerprint density at radius 1 is 1.21 bits per heavy atom.